The average Bonchev–Trinajstić information content (AvgIpc) is 2.81. The fraction of sp³-hybridized carbons (Fsp3) is 0.125. The zero-order valence-corrected chi connectivity index (χ0v) is 17.7. The molecule has 0 saturated heterocycles. The van der Waals surface area contributed by atoms with E-state index in [1.54, 1.807) is 30.5 Å². The van der Waals surface area contributed by atoms with Crippen LogP contribution in [0.2, 0.25) is 0 Å². The minimum Gasteiger partial charge on any atom is -0.345 e. The maximum absolute atomic E-state index is 13.8. The molecule has 1 amide bonds. The number of rotatable bonds is 6. The third-order valence-corrected chi connectivity index (χ3v) is 4.91. The molecule has 2 aromatic heterocycles. The highest BCUT2D eigenvalue weighted by Gasteiger charge is 2.20. The van der Waals surface area contributed by atoms with Crippen molar-refractivity contribution in [2.24, 2.45) is 0 Å². The minimum atomic E-state index is -0.840. The Kier molecular flexibility index (Phi) is 6.21. The predicted molar refractivity (Wildman–Crippen MR) is 120 cm³/mol. The maximum Gasteiger partial charge on any atom is 0.352 e. The molecule has 0 aliphatic carbocycles. The monoisotopic (exact) mass is 445 g/mol. The van der Waals surface area contributed by atoms with Crippen LogP contribution < -0.4 is 16.6 Å². The number of hydrogen-bond acceptors (Lipinski definition) is 5. The third kappa shape index (κ3) is 4.93. The second kappa shape index (κ2) is 9.39. The number of carbonyl (C=O) groups excluding carboxylic acids is 1. The van der Waals surface area contributed by atoms with Gasteiger partial charge in [-0.05, 0) is 42.8 Å². The lowest BCUT2D eigenvalue weighted by atomic mass is 10.1. The van der Waals surface area contributed by atoms with Gasteiger partial charge in [-0.25, -0.2) is 9.18 Å². The van der Waals surface area contributed by atoms with Crippen molar-refractivity contribution in [1.82, 2.24) is 24.6 Å². The molecule has 33 heavy (non-hydrogen) atoms. The van der Waals surface area contributed by atoms with Crippen molar-refractivity contribution >= 4 is 5.91 Å². The summed E-state index contributed by atoms with van der Waals surface area (Å²) in [6, 6.07) is 17.7. The highest BCUT2D eigenvalue weighted by Crippen LogP contribution is 2.08. The second-order valence-electron chi connectivity index (χ2n) is 7.41. The molecule has 2 aromatic carbocycles. The van der Waals surface area contributed by atoms with E-state index in [1.165, 1.54) is 18.2 Å². The molecule has 9 heteroatoms. The van der Waals surface area contributed by atoms with E-state index >= 15 is 0 Å². The number of hydrogen-bond donors (Lipinski definition) is 1. The molecule has 4 rings (SSSR count). The number of aromatic nitrogens is 4. The summed E-state index contributed by atoms with van der Waals surface area (Å²) < 4.78 is 15.6. The lowest BCUT2D eigenvalue weighted by molar-refractivity contribution is 0.0940. The van der Waals surface area contributed by atoms with E-state index in [-0.39, 0.29) is 18.8 Å². The molecule has 1 N–H and O–H groups in total. The Morgan fingerprint density at radius 2 is 1.85 bits per heavy atom. The molecule has 166 valence electrons. The summed E-state index contributed by atoms with van der Waals surface area (Å²) >= 11 is 0. The molecule has 0 bridgehead atoms. The Morgan fingerprint density at radius 3 is 2.58 bits per heavy atom. The zero-order valence-electron chi connectivity index (χ0n) is 17.7. The van der Waals surface area contributed by atoms with Gasteiger partial charge in [0.2, 0.25) is 5.69 Å². The van der Waals surface area contributed by atoms with Gasteiger partial charge in [-0.1, -0.05) is 42.0 Å². The molecule has 2 heterocycles. The van der Waals surface area contributed by atoms with Crippen LogP contribution in [0.5, 0.6) is 0 Å². The second-order valence-corrected chi connectivity index (χ2v) is 7.41. The summed E-state index contributed by atoms with van der Waals surface area (Å²) in [6.07, 6.45) is 1.58. The number of nitrogens with one attached hydrogen (secondary N) is 1. The normalized spacial score (nSPS) is 10.7. The Labute approximate surface area is 188 Å². The smallest absolute Gasteiger partial charge is 0.345 e. The van der Waals surface area contributed by atoms with Crippen molar-refractivity contribution < 1.29 is 9.18 Å². The fourth-order valence-corrected chi connectivity index (χ4v) is 3.32. The van der Waals surface area contributed by atoms with Crippen LogP contribution in [0.4, 0.5) is 4.39 Å². The Balaban J connectivity index is 1.79. The lowest BCUT2D eigenvalue weighted by Crippen LogP contribution is -2.46. The van der Waals surface area contributed by atoms with Gasteiger partial charge >= 0.3 is 5.69 Å². The Morgan fingerprint density at radius 1 is 1.03 bits per heavy atom. The van der Waals surface area contributed by atoms with Crippen LogP contribution in [0.25, 0.3) is 5.69 Å². The standard InChI is InChI=1S/C24H20FN5O3/c1-16-6-4-7-17(12-16)15-29-23(32)21(22(31)27-14-19-9-2-3-11-26-19)28-30(24(29)33)20-10-5-8-18(25)13-20/h2-13H,14-15H2,1H3,(H,27,31). The van der Waals surface area contributed by atoms with Gasteiger partial charge in [0.05, 0.1) is 24.5 Å². The van der Waals surface area contributed by atoms with Gasteiger partial charge in [0.15, 0.2) is 0 Å². The van der Waals surface area contributed by atoms with E-state index in [2.05, 4.69) is 15.4 Å². The molecule has 0 radical (unpaired) electrons. The topological polar surface area (TPSA) is 98.9 Å². The summed E-state index contributed by atoms with van der Waals surface area (Å²) in [7, 11) is 0. The van der Waals surface area contributed by atoms with E-state index in [0.29, 0.717) is 11.3 Å². The fourth-order valence-electron chi connectivity index (χ4n) is 3.32. The van der Waals surface area contributed by atoms with Crippen LogP contribution in [0.1, 0.15) is 27.3 Å². The molecule has 8 nitrogen and oxygen atoms in total. The number of pyridine rings is 1. The molecule has 0 aliphatic heterocycles. The lowest BCUT2D eigenvalue weighted by Gasteiger charge is -2.12. The number of carbonyl (C=O) groups is 1. The van der Waals surface area contributed by atoms with Crippen LogP contribution >= 0.6 is 0 Å². The quantitative estimate of drug-likeness (QED) is 0.491. The average molecular weight is 445 g/mol. The van der Waals surface area contributed by atoms with Gasteiger partial charge < -0.3 is 5.32 Å². The molecule has 0 atom stereocenters. The summed E-state index contributed by atoms with van der Waals surface area (Å²) in [4.78, 5) is 43.2. The van der Waals surface area contributed by atoms with Crippen molar-refractivity contribution in [3.8, 4) is 5.69 Å². The third-order valence-electron chi connectivity index (χ3n) is 4.91. The number of nitrogens with zero attached hydrogens (tertiary/aromatic N) is 4. The molecule has 0 aliphatic rings. The van der Waals surface area contributed by atoms with Gasteiger partial charge in [0.1, 0.15) is 5.82 Å². The molecule has 4 aromatic rings. The Bertz CT molecular complexity index is 1430. The SMILES string of the molecule is Cc1cccc(Cn2c(=O)c(C(=O)NCc3ccccn3)nn(-c3cccc(F)c3)c2=O)c1. The summed E-state index contributed by atoms with van der Waals surface area (Å²) in [5.41, 5.74) is 0.226. The van der Waals surface area contributed by atoms with Crippen molar-refractivity contribution in [2.75, 3.05) is 0 Å². The van der Waals surface area contributed by atoms with E-state index in [9.17, 15) is 18.8 Å². The maximum atomic E-state index is 13.8. The van der Waals surface area contributed by atoms with E-state index < -0.39 is 28.7 Å². The van der Waals surface area contributed by atoms with Crippen LogP contribution in [0.3, 0.4) is 0 Å². The highest BCUT2D eigenvalue weighted by atomic mass is 19.1. The van der Waals surface area contributed by atoms with Gasteiger partial charge in [-0.3, -0.25) is 19.1 Å². The minimum absolute atomic E-state index is 0.0672. The number of halogens is 1. The predicted octanol–water partition coefficient (Wildman–Crippen LogP) is 2.22. The summed E-state index contributed by atoms with van der Waals surface area (Å²) in [6.45, 7) is 1.88. The molecule has 0 fully saturated rings. The van der Waals surface area contributed by atoms with Gasteiger partial charge in [0, 0.05) is 6.20 Å². The first-order valence-corrected chi connectivity index (χ1v) is 10.2. The van der Waals surface area contributed by atoms with Crippen molar-refractivity contribution in [2.45, 2.75) is 20.0 Å². The van der Waals surface area contributed by atoms with Crippen molar-refractivity contribution in [3.63, 3.8) is 0 Å². The van der Waals surface area contributed by atoms with Crippen LogP contribution in [0.15, 0.2) is 82.5 Å². The largest absolute Gasteiger partial charge is 0.352 e. The van der Waals surface area contributed by atoms with Gasteiger partial charge in [-0.15, -0.1) is 0 Å². The van der Waals surface area contributed by atoms with Crippen LogP contribution in [-0.2, 0) is 13.1 Å². The number of benzene rings is 2. The zero-order chi connectivity index (χ0) is 23.4. The molecule has 0 saturated carbocycles. The number of aryl methyl sites for hydroxylation is 1. The van der Waals surface area contributed by atoms with Crippen molar-refractivity contribution in [1.29, 1.82) is 0 Å². The van der Waals surface area contributed by atoms with Gasteiger partial charge in [0.25, 0.3) is 11.5 Å². The molecular formula is C24H20FN5O3. The summed E-state index contributed by atoms with van der Waals surface area (Å²) in [5.74, 6) is -1.35. The molecule has 0 unspecified atom stereocenters. The van der Waals surface area contributed by atoms with E-state index in [4.69, 9.17) is 0 Å². The van der Waals surface area contributed by atoms with Crippen LogP contribution in [0, 0.1) is 12.7 Å². The Hall–Kier alpha value is -4.40. The van der Waals surface area contributed by atoms with E-state index in [1.807, 2.05) is 25.1 Å². The van der Waals surface area contributed by atoms with Gasteiger partial charge in [-0.2, -0.15) is 9.78 Å². The van der Waals surface area contributed by atoms with Crippen molar-refractivity contribution in [3.05, 3.63) is 122 Å². The first-order chi connectivity index (χ1) is 15.9. The first kappa shape index (κ1) is 21.8. The first-order valence-electron chi connectivity index (χ1n) is 10.2. The summed E-state index contributed by atoms with van der Waals surface area (Å²) in [5, 5.41) is 6.59. The van der Waals surface area contributed by atoms with Crippen LogP contribution in [-0.4, -0.2) is 25.2 Å². The number of amides is 1. The molecule has 0 spiro atoms. The molecular weight excluding hydrogens is 425 g/mol. The van der Waals surface area contributed by atoms with E-state index in [0.717, 1.165) is 20.9 Å². The highest BCUT2D eigenvalue weighted by molar-refractivity contribution is 5.91.